The minimum atomic E-state index is -0.481. The van der Waals surface area contributed by atoms with Gasteiger partial charge in [-0.25, -0.2) is 0 Å². The smallest absolute Gasteiger partial charge is 0.0762 e. The molecule has 0 aromatic heterocycles. The fourth-order valence-electron chi connectivity index (χ4n) is 1.63. The fourth-order valence-corrected chi connectivity index (χ4v) is 2.27. The second-order valence-electron chi connectivity index (χ2n) is 3.85. The van der Waals surface area contributed by atoms with Crippen molar-refractivity contribution in [2.75, 3.05) is 24.6 Å². The summed E-state index contributed by atoms with van der Waals surface area (Å²) in [6.07, 6.45) is 1.32. The Balaban J connectivity index is 2.99. The zero-order valence-electron chi connectivity index (χ0n) is 9.93. The highest BCUT2D eigenvalue weighted by atomic mass is 79.9. The van der Waals surface area contributed by atoms with Crippen LogP contribution < -0.4 is 4.90 Å². The van der Waals surface area contributed by atoms with E-state index in [0.29, 0.717) is 13.1 Å². The standard InChI is InChI=1S/C13H18BrNO2/c1-3-6-15(7-8-16)13-5-4-11(10(2)17)9-12(13)14/h3-5,9-10,16-17H,1,6-8H2,2H3/t10-/m1/s1. The van der Waals surface area contributed by atoms with Gasteiger partial charge in [-0.05, 0) is 40.5 Å². The van der Waals surface area contributed by atoms with Gasteiger partial charge in [-0.3, -0.25) is 0 Å². The minimum Gasteiger partial charge on any atom is -0.395 e. The van der Waals surface area contributed by atoms with Crippen molar-refractivity contribution in [3.8, 4) is 0 Å². The second-order valence-corrected chi connectivity index (χ2v) is 4.70. The molecule has 1 aromatic rings. The fraction of sp³-hybridized carbons (Fsp3) is 0.385. The van der Waals surface area contributed by atoms with E-state index in [9.17, 15) is 5.11 Å². The molecule has 4 heteroatoms. The quantitative estimate of drug-likeness (QED) is 0.793. The summed E-state index contributed by atoms with van der Waals surface area (Å²) in [7, 11) is 0. The minimum absolute atomic E-state index is 0.0957. The van der Waals surface area contributed by atoms with Crippen LogP contribution in [-0.2, 0) is 0 Å². The van der Waals surface area contributed by atoms with Crippen molar-refractivity contribution in [2.24, 2.45) is 0 Å². The van der Waals surface area contributed by atoms with Crippen LogP contribution in [0.15, 0.2) is 35.3 Å². The summed E-state index contributed by atoms with van der Waals surface area (Å²) in [5.74, 6) is 0. The van der Waals surface area contributed by atoms with Crippen LogP contribution in [0.2, 0.25) is 0 Å². The molecular weight excluding hydrogens is 282 g/mol. The molecule has 1 rings (SSSR count). The van der Waals surface area contributed by atoms with E-state index in [1.165, 1.54) is 0 Å². The van der Waals surface area contributed by atoms with Gasteiger partial charge in [0.15, 0.2) is 0 Å². The summed E-state index contributed by atoms with van der Waals surface area (Å²) in [5.41, 5.74) is 1.85. The van der Waals surface area contributed by atoms with Gasteiger partial charge in [-0.1, -0.05) is 12.1 Å². The molecule has 0 unspecified atom stereocenters. The molecule has 0 aliphatic heterocycles. The molecule has 0 heterocycles. The first-order chi connectivity index (χ1) is 8.10. The molecule has 17 heavy (non-hydrogen) atoms. The molecule has 0 saturated heterocycles. The zero-order chi connectivity index (χ0) is 12.8. The van der Waals surface area contributed by atoms with Crippen LogP contribution in [0.3, 0.4) is 0 Å². The number of aliphatic hydroxyl groups excluding tert-OH is 2. The molecule has 3 nitrogen and oxygen atoms in total. The monoisotopic (exact) mass is 299 g/mol. The Morgan fingerprint density at radius 1 is 1.53 bits per heavy atom. The van der Waals surface area contributed by atoms with Gasteiger partial charge in [0.2, 0.25) is 0 Å². The maximum atomic E-state index is 9.49. The number of benzene rings is 1. The van der Waals surface area contributed by atoms with E-state index in [1.807, 2.05) is 23.1 Å². The molecule has 0 aliphatic rings. The van der Waals surface area contributed by atoms with Crippen molar-refractivity contribution in [1.29, 1.82) is 0 Å². The molecule has 1 atom stereocenters. The largest absolute Gasteiger partial charge is 0.395 e. The molecule has 0 radical (unpaired) electrons. The summed E-state index contributed by atoms with van der Waals surface area (Å²) in [5, 5.41) is 18.5. The zero-order valence-corrected chi connectivity index (χ0v) is 11.5. The molecule has 0 fully saturated rings. The van der Waals surface area contributed by atoms with E-state index in [2.05, 4.69) is 22.5 Å². The van der Waals surface area contributed by atoms with Crippen molar-refractivity contribution in [1.82, 2.24) is 0 Å². The Kier molecular flexibility index (Phi) is 5.68. The molecule has 2 N–H and O–H groups in total. The first-order valence-electron chi connectivity index (χ1n) is 5.54. The third kappa shape index (κ3) is 3.84. The SMILES string of the molecule is C=CCN(CCO)c1ccc([C@@H](C)O)cc1Br. The van der Waals surface area contributed by atoms with Gasteiger partial charge in [-0.15, -0.1) is 6.58 Å². The molecule has 0 saturated carbocycles. The van der Waals surface area contributed by atoms with Crippen molar-refractivity contribution in [3.63, 3.8) is 0 Å². The predicted molar refractivity (Wildman–Crippen MR) is 74.3 cm³/mol. The van der Waals surface area contributed by atoms with Crippen LogP contribution in [0, 0.1) is 0 Å². The number of hydrogen-bond acceptors (Lipinski definition) is 3. The molecule has 0 amide bonds. The van der Waals surface area contributed by atoms with Gasteiger partial charge in [0.1, 0.15) is 0 Å². The number of rotatable bonds is 6. The first-order valence-corrected chi connectivity index (χ1v) is 6.33. The highest BCUT2D eigenvalue weighted by molar-refractivity contribution is 9.10. The average molecular weight is 300 g/mol. The lowest BCUT2D eigenvalue weighted by Gasteiger charge is -2.24. The number of aliphatic hydroxyl groups is 2. The predicted octanol–water partition coefficient (Wildman–Crippen LogP) is 2.49. The number of halogens is 1. The maximum Gasteiger partial charge on any atom is 0.0762 e. The van der Waals surface area contributed by atoms with Crippen molar-refractivity contribution in [2.45, 2.75) is 13.0 Å². The Morgan fingerprint density at radius 3 is 2.71 bits per heavy atom. The summed E-state index contributed by atoms with van der Waals surface area (Å²) in [6.45, 7) is 6.76. The normalized spacial score (nSPS) is 12.2. The van der Waals surface area contributed by atoms with Gasteiger partial charge < -0.3 is 15.1 Å². The average Bonchev–Trinajstić information content (AvgIpc) is 2.28. The number of hydrogen-bond donors (Lipinski definition) is 2. The lowest BCUT2D eigenvalue weighted by atomic mass is 10.1. The van der Waals surface area contributed by atoms with Gasteiger partial charge >= 0.3 is 0 Å². The third-order valence-corrected chi connectivity index (χ3v) is 3.15. The number of anilines is 1. The van der Waals surface area contributed by atoms with Gasteiger partial charge in [0.25, 0.3) is 0 Å². The first kappa shape index (κ1) is 14.2. The Labute approximate surface area is 111 Å². The summed E-state index contributed by atoms with van der Waals surface area (Å²) in [6, 6.07) is 5.72. The van der Waals surface area contributed by atoms with Crippen molar-refractivity contribution in [3.05, 3.63) is 40.9 Å². The second kappa shape index (κ2) is 6.79. The van der Waals surface area contributed by atoms with E-state index < -0.39 is 6.10 Å². The van der Waals surface area contributed by atoms with Gasteiger partial charge in [0.05, 0.1) is 18.4 Å². The highest BCUT2D eigenvalue weighted by Gasteiger charge is 2.10. The van der Waals surface area contributed by atoms with Crippen LogP contribution in [0.1, 0.15) is 18.6 Å². The van der Waals surface area contributed by atoms with Crippen molar-refractivity contribution < 1.29 is 10.2 Å². The topological polar surface area (TPSA) is 43.7 Å². The molecule has 94 valence electrons. The van der Waals surface area contributed by atoms with E-state index in [1.54, 1.807) is 13.0 Å². The molecule has 0 aliphatic carbocycles. The molecule has 0 bridgehead atoms. The molecule has 0 spiro atoms. The Hall–Kier alpha value is -0.840. The lowest BCUT2D eigenvalue weighted by Crippen LogP contribution is -2.27. The molecular formula is C13H18BrNO2. The van der Waals surface area contributed by atoms with Gasteiger partial charge in [0, 0.05) is 17.6 Å². The summed E-state index contributed by atoms with van der Waals surface area (Å²) >= 11 is 3.49. The highest BCUT2D eigenvalue weighted by Crippen LogP contribution is 2.29. The van der Waals surface area contributed by atoms with E-state index in [-0.39, 0.29) is 6.61 Å². The third-order valence-electron chi connectivity index (χ3n) is 2.51. The van der Waals surface area contributed by atoms with Gasteiger partial charge in [-0.2, -0.15) is 0 Å². The van der Waals surface area contributed by atoms with Crippen LogP contribution in [0.5, 0.6) is 0 Å². The Morgan fingerprint density at radius 2 is 2.24 bits per heavy atom. The van der Waals surface area contributed by atoms with Crippen LogP contribution in [-0.4, -0.2) is 29.9 Å². The van der Waals surface area contributed by atoms with E-state index >= 15 is 0 Å². The van der Waals surface area contributed by atoms with E-state index in [0.717, 1.165) is 15.7 Å². The summed E-state index contributed by atoms with van der Waals surface area (Å²) in [4.78, 5) is 2.02. The maximum absolute atomic E-state index is 9.49. The lowest BCUT2D eigenvalue weighted by molar-refractivity contribution is 0.199. The van der Waals surface area contributed by atoms with Crippen molar-refractivity contribution >= 4 is 21.6 Å². The van der Waals surface area contributed by atoms with Crippen LogP contribution in [0.4, 0.5) is 5.69 Å². The van der Waals surface area contributed by atoms with Crippen LogP contribution in [0.25, 0.3) is 0 Å². The Bertz CT molecular complexity index is 380. The molecule has 1 aromatic carbocycles. The van der Waals surface area contributed by atoms with Crippen LogP contribution >= 0.6 is 15.9 Å². The number of nitrogens with zero attached hydrogens (tertiary/aromatic N) is 1. The van der Waals surface area contributed by atoms with E-state index in [4.69, 9.17) is 5.11 Å². The summed E-state index contributed by atoms with van der Waals surface area (Å²) < 4.78 is 0.909.